The summed E-state index contributed by atoms with van der Waals surface area (Å²) in [6, 6.07) is 0. The molecule has 0 aliphatic carbocycles. The van der Waals surface area contributed by atoms with Crippen molar-refractivity contribution < 1.29 is 14.3 Å². The second-order valence-corrected chi connectivity index (χ2v) is 1.82. The summed E-state index contributed by atoms with van der Waals surface area (Å²) in [7, 11) is 0. The SMILES string of the molecule is N=[N+]=NCc1ncc(C(=O)O)o1. The average Bonchev–Trinajstić information content (AvgIpc) is 2.48. The van der Waals surface area contributed by atoms with Gasteiger partial charge in [0, 0.05) is 0 Å². The molecule has 2 N–H and O–H groups in total. The lowest BCUT2D eigenvalue weighted by Gasteiger charge is -1.81. The maximum absolute atomic E-state index is 10.3. The van der Waals surface area contributed by atoms with Crippen molar-refractivity contribution >= 4 is 5.97 Å². The normalized spacial score (nSPS) is 9.00. The van der Waals surface area contributed by atoms with E-state index in [1.807, 2.05) is 0 Å². The van der Waals surface area contributed by atoms with Crippen molar-refractivity contribution in [1.82, 2.24) is 9.90 Å². The van der Waals surface area contributed by atoms with Crippen LogP contribution in [0.25, 0.3) is 0 Å². The number of nitrogens with one attached hydrogen (secondary N) is 1. The van der Waals surface area contributed by atoms with E-state index < -0.39 is 5.97 Å². The minimum absolute atomic E-state index is 0.0171. The third-order valence-corrected chi connectivity index (χ3v) is 1.04. The molecule has 0 fully saturated rings. The van der Waals surface area contributed by atoms with Crippen LogP contribution in [-0.2, 0) is 6.54 Å². The van der Waals surface area contributed by atoms with Gasteiger partial charge in [-0.3, -0.25) is 0 Å². The van der Waals surface area contributed by atoms with E-state index in [2.05, 4.69) is 15.0 Å². The number of hydrogen-bond acceptors (Lipinski definition) is 5. The van der Waals surface area contributed by atoms with Crippen LogP contribution >= 0.6 is 0 Å². The molecule has 1 aromatic rings. The quantitative estimate of drug-likeness (QED) is 0.504. The predicted octanol–water partition coefficient (Wildman–Crippen LogP) is 0.423. The zero-order chi connectivity index (χ0) is 8.97. The Bertz CT molecular complexity index is 338. The molecule has 0 radical (unpaired) electrons. The van der Waals surface area contributed by atoms with Crippen LogP contribution in [0.3, 0.4) is 0 Å². The van der Waals surface area contributed by atoms with E-state index in [1.54, 1.807) is 0 Å². The maximum Gasteiger partial charge on any atom is 0.373 e. The van der Waals surface area contributed by atoms with E-state index in [0.717, 1.165) is 6.20 Å². The third-order valence-electron chi connectivity index (χ3n) is 1.04. The van der Waals surface area contributed by atoms with Crippen molar-refractivity contribution in [2.24, 2.45) is 5.11 Å². The fraction of sp³-hybridized carbons (Fsp3) is 0.200. The van der Waals surface area contributed by atoms with Gasteiger partial charge in [0.05, 0.1) is 6.20 Å². The van der Waals surface area contributed by atoms with Crippen LogP contribution in [0.4, 0.5) is 0 Å². The number of rotatable bonds is 3. The van der Waals surface area contributed by atoms with E-state index in [9.17, 15) is 4.79 Å². The summed E-state index contributed by atoms with van der Waals surface area (Å²) in [5.41, 5.74) is 6.32. The number of nitrogens with zero attached hydrogens (tertiary/aromatic N) is 3. The Balaban J connectivity index is 2.77. The molecule has 0 saturated heterocycles. The smallest absolute Gasteiger partial charge is 0.373 e. The van der Waals surface area contributed by atoms with Crippen molar-refractivity contribution in [3.8, 4) is 0 Å². The Kier molecular flexibility index (Phi) is 2.29. The van der Waals surface area contributed by atoms with Gasteiger partial charge >= 0.3 is 5.97 Å². The summed E-state index contributed by atoms with van der Waals surface area (Å²) in [4.78, 5) is 16.6. The van der Waals surface area contributed by atoms with Crippen LogP contribution in [0.2, 0.25) is 0 Å². The molecule has 0 saturated carbocycles. The van der Waals surface area contributed by atoms with Crippen LogP contribution in [0, 0.1) is 5.53 Å². The van der Waals surface area contributed by atoms with Gasteiger partial charge in [0.2, 0.25) is 16.6 Å². The van der Waals surface area contributed by atoms with E-state index in [-0.39, 0.29) is 18.2 Å². The first-order valence-corrected chi connectivity index (χ1v) is 2.95. The summed E-state index contributed by atoms with van der Waals surface area (Å²) in [5, 5.41) is 11.7. The van der Waals surface area contributed by atoms with Gasteiger partial charge in [-0.05, 0) is 0 Å². The van der Waals surface area contributed by atoms with Crippen LogP contribution < -0.4 is 4.91 Å². The first-order chi connectivity index (χ1) is 5.74. The summed E-state index contributed by atoms with van der Waals surface area (Å²) < 4.78 is 4.70. The highest BCUT2D eigenvalue weighted by atomic mass is 16.4. The van der Waals surface area contributed by atoms with Crippen molar-refractivity contribution in [3.63, 3.8) is 0 Å². The molecule has 0 atom stereocenters. The Morgan fingerprint density at radius 3 is 3.17 bits per heavy atom. The Morgan fingerprint density at radius 1 is 1.92 bits per heavy atom. The monoisotopic (exact) mass is 169 g/mol. The minimum Gasteiger partial charge on any atom is -0.475 e. The molecule has 1 rings (SSSR count). The Labute approximate surface area is 66.3 Å². The van der Waals surface area contributed by atoms with E-state index >= 15 is 0 Å². The Morgan fingerprint density at radius 2 is 2.67 bits per heavy atom. The maximum atomic E-state index is 10.3. The van der Waals surface area contributed by atoms with Gasteiger partial charge in [-0.2, -0.15) is 0 Å². The number of carboxylic acids is 1. The van der Waals surface area contributed by atoms with Gasteiger partial charge in [-0.1, -0.05) is 0 Å². The molecule has 0 aliphatic heterocycles. The topological polar surface area (TPSA) is 114 Å². The van der Waals surface area contributed by atoms with Crippen molar-refractivity contribution in [2.45, 2.75) is 6.54 Å². The average molecular weight is 169 g/mol. The number of hydrogen-bond donors (Lipinski definition) is 2. The number of aromatic carboxylic acids is 1. The number of aromatic nitrogens is 1. The molecule has 1 heterocycles. The largest absolute Gasteiger partial charge is 0.475 e. The summed E-state index contributed by atoms with van der Waals surface area (Å²) in [6.45, 7) is -0.0171. The molecule has 0 aliphatic rings. The molecule has 7 nitrogen and oxygen atoms in total. The van der Waals surface area contributed by atoms with Crippen molar-refractivity contribution in [2.75, 3.05) is 0 Å². The lowest BCUT2D eigenvalue weighted by Crippen LogP contribution is -1.91. The summed E-state index contributed by atoms with van der Waals surface area (Å²) in [6.07, 6.45) is 1.08. The molecular weight excluding hydrogens is 164 g/mol. The molecule has 62 valence electrons. The minimum atomic E-state index is -1.18. The second-order valence-electron chi connectivity index (χ2n) is 1.82. The van der Waals surface area contributed by atoms with Gasteiger partial charge in [-0.25, -0.2) is 9.78 Å². The number of carbonyl (C=O) groups is 1. The molecular formula is C5H5N4O3+. The number of carboxylic acid groups (broad SMARTS) is 1. The summed E-state index contributed by atoms with van der Waals surface area (Å²) in [5.74, 6) is -1.30. The highest BCUT2D eigenvalue weighted by Crippen LogP contribution is 2.03. The second kappa shape index (κ2) is 3.40. The molecule has 7 heteroatoms. The first-order valence-electron chi connectivity index (χ1n) is 2.95. The van der Waals surface area contributed by atoms with Crippen LogP contribution in [0.1, 0.15) is 16.4 Å². The van der Waals surface area contributed by atoms with Crippen LogP contribution in [0.15, 0.2) is 15.7 Å². The number of oxazole rings is 1. The van der Waals surface area contributed by atoms with Gasteiger partial charge in [-0.15, -0.1) is 0 Å². The molecule has 0 unspecified atom stereocenters. The summed E-state index contributed by atoms with van der Waals surface area (Å²) >= 11 is 0. The fourth-order valence-electron chi connectivity index (χ4n) is 0.578. The lowest BCUT2D eigenvalue weighted by molar-refractivity contribution is 0.0660. The van der Waals surface area contributed by atoms with Gasteiger partial charge < -0.3 is 9.52 Å². The fourth-order valence-corrected chi connectivity index (χ4v) is 0.578. The van der Waals surface area contributed by atoms with E-state index in [4.69, 9.17) is 15.1 Å². The molecule has 0 bridgehead atoms. The molecule has 0 amide bonds. The van der Waals surface area contributed by atoms with E-state index in [0.29, 0.717) is 0 Å². The van der Waals surface area contributed by atoms with Crippen LogP contribution in [0.5, 0.6) is 0 Å². The predicted molar refractivity (Wildman–Crippen MR) is 34.4 cm³/mol. The lowest BCUT2D eigenvalue weighted by atomic mass is 10.5. The molecule has 0 spiro atoms. The van der Waals surface area contributed by atoms with Crippen molar-refractivity contribution in [3.05, 3.63) is 17.8 Å². The van der Waals surface area contributed by atoms with E-state index in [1.165, 1.54) is 0 Å². The molecule has 1 aromatic heterocycles. The highest BCUT2D eigenvalue weighted by Gasteiger charge is 2.10. The van der Waals surface area contributed by atoms with Crippen LogP contribution in [-0.4, -0.2) is 16.1 Å². The first kappa shape index (κ1) is 8.09. The van der Waals surface area contributed by atoms with Gasteiger partial charge in [0.25, 0.3) is 0 Å². The zero-order valence-electron chi connectivity index (χ0n) is 5.89. The van der Waals surface area contributed by atoms with Crippen molar-refractivity contribution in [1.29, 1.82) is 5.53 Å². The molecule has 0 aromatic carbocycles. The third kappa shape index (κ3) is 1.74. The highest BCUT2D eigenvalue weighted by molar-refractivity contribution is 5.83. The zero-order valence-corrected chi connectivity index (χ0v) is 5.89. The molecule has 12 heavy (non-hydrogen) atoms. The standard InChI is InChI=1S/C5H4N4O3/c6-9-8-2-4-7-1-3(12-4)5(10)11/h1,6H,2H2/p+1. The van der Waals surface area contributed by atoms with Gasteiger partial charge in [0.1, 0.15) is 10.6 Å². The van der Waals surface area contributed by atoms with Gasteiger partial charge in [0.15, 0.2) is 6.54 Å². The Hall–Kier alpha value is -2.01.